The van der Waals surface area contributed by atoms with Gasteiger partial charge in [-0.15, -0.1) is 0 Å². The first kappa shape index (κ1) is 22.0. The first-order valence-electron chi connectivity index (χ1n) is 9.45. The van der Waals surface area contributed by atoms with Gasteiger partial charge >= 0.3 is 0 Å². The molecule has 0 amide bonds. The lowest BCUT2D eigenvalue weighted by Crippen LogP contribution is -1.86. The normalized spacial score (nSPS) is 12.8. The van der Waals surface area contributed by atoms with Crippen molar-refractivity contribution >= 4 is 23.8 Å². The van der Waals surface area contributed by atoms with E-state index in [-0.39, 0.29) is 0 Å². The van der Waals surface area contributed by atoms with Crippen molar-refractivity contribution in [2.45, 2.75) is 13.8 Å². The van der Waals surface area contributed by atoms with Crippen LogP contribution in [0.15, 0.2) is 106 Å². The summed E-state index contributed by atoms with van der Waals surface area (Å²) in [7, 11) is 0. The summed E-state index contributed by atoms with van der Waals surface area (Å²) in [4.78, 5) is 8.85. The zero-order valence-electron chi connectivity index (χ0n) is 17.0. The summed E-state index contributed by atoms with van der Waals surface area (Å²) in [5.41, 5.74) is 4.53. The molecule has 0 N–H and O–H groups in total. The van der Waals surface area contributed by atoms with E-state index < -0.39 is 0 Å². The van der Waals surface area contributed by atoms with E-state index in [1.165, 1.54) is 0 Å². The highest BCUT2D eigenvalue weighted by Crippen LogP contribution is 2.17. The number of hydrogen-bond donors (Lipinski definition) is 0. The van der Waals surface area contributed by atoms with Crippen LogP contribution in [0.3, 0.4) is 0 Å². The van der Waals surface area contributed by atoms with Crippen LogP contribution in [-0.4, -0.2) is 12.4 Å². The molecule has 0 aromatic heterocycles. The van der Waals surface area contributed by atoms with E-state index in [1.54, 1.807) is 36.7 Å². The Morgan fingerprint density at radius 1 is 0.733 bits per heavy atom. The predicted octanol–water partition coefficient (Wildman–Crippen LogP) is 6.54. The molecule has 0 spiro atoms. The SMILES string of the molecule is C\C=C/C(=C/C=N/c1cccc(C#N)c1)C(/C=C\C)=C/C=N/c1cccc(C#N)c1. The van der Waals surface area contributed by atoms with Crippen LogP contribution in [0.25, 0.3) is 0 Å². The summed E-state index contributed by atoms with van der Waals surface area (Å²) >= 11 is 0. The van der Waals surface area contributed by atoms with Gasteiger partial charge in [0.2, 0.25) is 0 Å². The third kappa shape index (κ3) is 7.03. The number of aliphatic imine (C=N–C) groups is 2. The van der Waals surface area contributed by atoms with Crippen molar-refractivity contribution in [3.05, 3.63) is 107 Å². The lowest BCUT2D eigenvalue weighted by Gasteiger charge is -2.02. The molecule has 0 atom stereocenters. The summed E-state index contributed by atoms with van der Waals surface area (Å²) in [5.74, 6) is 0. The molecule has 0 bridgehead atoms. The second kappa shape index (κ2) is 12.2. The first-order valence-corrected chi connectivity index (χ1v) is 9.45. The molecule has 2 rings (SSSR count). The quantitative estimate of drug-likeness (QED) is 0.398. The number of allylic oxidation sites excluding steroid dienone is 8. The fourth-order valence-corrected chi connectivity index (χ4v) is 2.57. The largest absolute Gasteiger partial charge is 0.257 e. The van der Waals surface area contributed by atoms with Crippen LogP contribution in [0.4, 0.5) is 11.4 Å². The predicted molar refractivity (Wildman–Crippen MR) is 124 cm³/mol. The summed E-state index contributed by atoms with van der Waals surface area (Å²) in [6.45, 7) is 3.91. The van der Waals surface area contributed by atoms with Crippen LogP contribution in [0.1, 0.15) is 25.0 Å². The molecule has 0 fully saturated rings. The Morgan fingerprint density at radius 2 is 1.17 bits per heavy atom. The van der Waals surface area contributed by atoms with E-state index in [2.05, 4.69) is 22.1 Å². The number of hydrogen-bond acceptors (Lipinski definition) is 4. The Bertz CT molecular complexity index is 1040. The van der Waals surface area contributed by atoms with Gasteiger partial charge in [0.25, 0.3) is 0 Å². The van der Waals surface area contributed by atoms with Gasteiger partial charge in [-0.05, 0) is 73.5 Å². The van der Waals surface area contributed by atoms with Crippen molar-refractivity contribution < 1.29 is 0 Å². The Hall–Kier alpha value is -4.28. The number of benzene rings is 2. The molecule has 0 saturated carbocycles. The monoisotopic (exact) mass is 390 g/mol. The van der Waals surface area contributed by atoms with Crippen LogP contribution in [0.5, 0.6) is 0 Å². The average molecular weight is 390 g/mol. The van der Waals surface area contributed by atoms with Gasteiger partial charge in [0.05, 0.1) is 34.6 Å². The summed E-state index contributed by atoms with van der Waals surface area (Å²) in [5, 5.41) is 18.0. The van der Waals surface area contributed by atoms with Gasteiger partial charge in [-0.1, -0.05) is 36.4 Å². The molecule has 146 valence electrons. The van der Waals surface area contributed by atoms with Crippen molar-refractivity contribution in [1.29, 1.82) is 10.5 Å². The Balaban J connectivity index is 2.30. The van der Waals surface area contributed by atoms with Gasteiger partial charge in [-0.25, -0.2) is 0 Å². The number of rotatable bonds is 7. The Morgan fingerprint density at radius 3 is 1.53 bits per heavy atom. The molecule has 0 unspecified atom stereocenters. The molecule has 30 heavy (non-hydrogen) atoms. The van der Waals surface area contributed by atoms with E-state index in [9.17, 15) is 0 Å². The highest BCUT2D eigenvalue weighted by Gasteiger charge is 1.98. The fourth-order valence-electron chi connectivity index (χ4n) is 2.57. The molecular formula is C26H22N4. The van der Waals surface area contributed by atoms with E-state index >= 15 is 0 Å². The van der Waals surface area contributed by atoms with E-state index in [0.717, 1.165) is 22.5 Å². The third-order valence-electron chi connectivity index (χ3n) is 3.93. The minimum Gasteiger partial charge on any atom is -0.257 e. The van der Waals surface area contributed by atoms with Crippen LogP contribution < -0.4 is 0 Å². The molecule has 0 saturated heterocycles. The van der Waals surface area contributed by atoms with Crippen LogP contribution in [0, 0.1) is 22.7 Å². The second-order valence-electron chi connectivity index (χ2n) is 6.12. The van der Waals surface area contributed by atoms with Crippen molar-refractivity contribution in [2.75, 3.05) is 0 Å². The van der Waals surface area contributed by atoms with Crippen LogP contribution in [-0.2, 0) is 0 Å². The minimum atomic E-state index is 0.577. The standard InChI is InChI=1S/C26H22N4/c1-3-7-23(13-15-29-25-11-5-9-21(17-25)19-27)24(8-4-2)14-16-30-26-12-6-10-22(18-26)20-28/h3-18H,1-2H3/b7-3-,8-4-,23-13-,24-14+,29-15+,30-16+. The maximum atomic E-state index is 9.01. The fraction of sp³-hybridized carbons (Fsp3) is 0.0769. The maximum absolute atomic E-state index is 9.01. The summed E-state index contributed by atoms with van der Waals surface area (Å²) < 4.78 is 0. The smallest absolute Gasteiger partial charge is 0.0992 e. The molecule has 0 aliphatic carbocycles. The molecule has 0 aliphatic rings. The van der Waals surface area contributed by atoms with E-state index in [0.29, 0.717) is 11.1 Å². The van der Waals surface area contributed by atoms with E-state index in [4.69, 9.17) is 10.5 Å². The third-order valence-corrected chi connectivity index (χ3v) is 3.93. The molecule has 4 nitrogen and oxygen atoms in total. The maximum Gasteiger partial charge on any atom is 0.0992 e. The highest BCUT2D eigenvalue weighted by molar-refractivity contribution is 5.82. The van der Waals surface area contributed by atoms with Crippen LogP contribution in [0.2, 0.25) is 0 Å². The molecule has 2 aromatic rings. The molecule has 0 radical (unpaired) electrons. The van der Waals surface area contributed by atoms with Gasteiger partial charge in [0.15, 0.2) is 0 Å². The lowest BCUT2D eigenvalue weighted by molar-refractivity contribution is 1.46. The minimum absolute atomic E-state index is 0.577. The summed E-state index contributed by atoms with van der Waals surface area (Å²) in [6, 6.07) is 18.5. The lowest BCUT2D eigenvalue weighted by atomic mass is 10.0. The van der Waals surface area contributed by atoms with E-state index in [1.807, 2.05) is 74.6 Å². The van der Waals surface area contributed by atoms with Gasteiger partial charge in [-0.3, -0.25) is 9.98 Å². The number of nitrogens with zero attached hydrogens (tertiary/aromatic N) is 4. The first-order chi connectivity index (χ1) is 14.7. The van der Waals surface area contributed by atoms with Crippen molar-refractivity contribution in [3.8, 4) is 12.1 Å². The topological polar surface area (TPSA) is 72.3 Å². The van der Waals surface area contributed by atoms with Gasteiger partial charge in [0.1, 0.15) is 0 Å². The van der Waals surface area contributed by atoms with Gasteiger partial charge < -0.3 is 0 Å². The second-order valence-corrected chi connectivity index (χ2v) is 6.12. The zero-order valence-corrected chi connectivity index (χ0v) is 17.0. The molecule has 0 aliphatic heterocycles. The van der Waals surface area contributed by atoms with Crippen molar-refractivity contribution in [3.63, 3.8) is 0 Å². The van der Waals surface area contributed by atoms with Crippen molar-refractivity contribution in [1.82, 2.24) is 0 Å². The van der Waals surface area contributed by atoms with Gasteiger partial charge in [0, 0.05) is 12.4 Å². The summed E-state index contributed by atoms with van der Waals surface area (Å²) in [6.07, 6.45) is 15.2. The molecule has 4 heteroatoms. The van der Waals surface area contributed by atoms with Crippen LogP contribution >= 0.6 is 0 Å². The average Bonchev–Trinajstić information content (AvgIpc) is 2.78. The Kier molecular flexibility index (Phi) is 8.98. The number of nitriles is 2. The van der Waals surface area contributed by atoms with Gasteiger partial charge in [-0.2, -0.15) is 10.5 Å². The van der Waals surface area contributed by atoms with Crippen molar-refractivity contribution in [2.24, 2.45) is 9.98 Å². The molecule has 2 aromatic carbocycles. The zero-order chi connectivity index (χ0) is 21.6. The molecule has 0 heterocycles. The highest BCUT2D eigenvalue weighted by atomic mass is 14.7. The Labute approximate surface area is 177 Å². The molecular weight excluding hydrogens is 368 g/mol.